The van der Waals surface area contributed by atoms with Crippen molar-refractivity contribution in [2.24, 2.45) is 5.92 Å². The fourth-order valence-electron chi connectivity index (χ4n) is 3.99. The summed E-state index contributed by atoms with van der Waals surface area (Å²) < 4.78 is 0. The molecule has 0 spiro atoms. The van der Waals surface area contributed by atoms with E-state index >= 15 is 0 Å². The van der Waals surface area contributed by atoms with E-state index in [1.807, 2.05) is 0 Å². The van der Waals surface area contributed by atoms with E-state index < -0.39 is 0 Å². The van der Waals surface area contributed by atoms with E-state index in [2.05, 4.69) is 84.9 Å². The van der Waals surface area contributed by atoms with Crippen LogP contribution in [-0.4, -0.2) is 0 Å². The van der Waals surface area contributed by atoms with E-state index in [4.69, 9.17) is 0 Å². The SMILES string of the molecule is C1=C(C2CC2)C(c2ccc(-c3ccccc3)cc2)c2ccccc21. The quantitative estimate of drug-likeness (QED) is 0.533. The van der Waals surface area contributed by atoms with Crippen molar-refractivity contribution in [3.05, 3.63) is 101 Å². The van der Waals surface area contributed by atoms with Gasteiger partial charge in [0.1, 0.15) is 0 Å². The molecule has 1 fully saturated rings. The van der Waals surface area contributed by atoms with Crippen molar-refractivity contribution in [2.75, 3.05) is 0 Å². The van der Waals surface area contributed by atoms with Crippen molar-refractivity contribution in [3.63, 3.8) is 0 Å². The van der Waals surface area contributed by atoms with E-state index in [9.17, 15) is 0 Å². The predicted octanol–water partition coefficient (Wildman–Crippen LogP) is 6.29. The van der Waals surface area contributed by atoms with Crippen LogP contribution in [0.5, 0.6) is 0 Å². The molecule has 0 aliphatic heterocycles. The number of hydrogen-bond acceptors (Lipinski definition) is 0. The molecule has 0 nitrogen and oxygen atoms in total. The molecule has 0 N–H and O–H groups in total. The lowest BCUT2D eigenvalue weighted by Gasteiger charge is -2.18. The highest BCUT2D eigenvalue weighted by molar-refractivity contribution is 5.71. The highest BCUT2D eigenvalue weighted by Crippen LogP contribution is 2.51. The fourth-order valence-corrected chi connectivity index (χ4v) is 3.99. The molecule has 3 aromatic rings. The topological polar surface area (TPSA) is 0 Å². The fraction of sp³-hybridized carbons (Fsp3) is 0.167. The summed E-state index contributed by atoms with van der Waals surface area (Å²) in [6, 6.07) is 28.7. The summed E-state index contributed by atoms with van der Waals surface area (Å²) in [5.41, 5.74) is 8.53. The molecular formula is C24H20. The lowest BCUT2D eigenvalue weighted by molar-refractivity contribution is 0.861. The van der Waals surface area contributed by atoms with Gasteiger partial charge in [0.15, 0.2) is 0 Å². The third-order valence-electron chi connectivity index (χ3n) is 5.36. The minimum atomic E-state index is 0.457. The van der Waals surface area contributed by atoms with Crippen LogP contribution in [-0.2, 0) is 0 Å². The van der Waals surface area contributed by atoms with Crippen LogP contribution in [0.4, 0.5) is 0 Å². The molecule has 116 valence electrons. The molecule has 1 saturated carbocycles. The molecule has 3 aromatic carbocycles. The van der Waals surface area contributed by atoms with Crippen molar-refractivity contribution < 1.29 is 0 Å². The zero-order valence-electron chi connectivity index (χ0n) is 13.7. The smallest absolute Gasteiger partial charge is 0.0310 e. The second-order valence-electron chi connectivity index (χ2n) is 6.97. The van der Waals surface area contributed by atoms with Crippen LogP contribution in [0.1, 0.15) is 35.4 Å². The highest BCUT2D eigenvalue weighted by Gasteiger charge is 2.36. The minimum Gasteiger partial charge on any atom is -0.0622 e. The summed E-state index contributed by atoms with van der Waals surface area (Å²) in [4.78, 5) is 0. The van der Waals surface area contributed by atoms with Gasteiger partial charge in [-0.3, -0.25) is 0 Å². The maximum Gasteiger partial charge on any atom is 0.0310 e. The van der Waals surface area contributed by atoms with E-state index in [0.717, 1.165) is 5.92 Å². The van der Waals surface area contributed by atoms with Crippen LogP contribution in [0.2, 0.25) is 0 Å². The molecule has 5 rings (SSSR count). The van der Waals surface area contributed by atoms with Gasteiger partial charge in [0.05, 0.1) is 0 Å². The Morgan fingerprint density at radius 2 is 1.29 bits per heavy atom. The van der Waals surface area contributed by atoms with Crippen LogP contribution >= 0.6 is 0 Å². The van der Waals surface area contributed by atoms with Gasteiger partial charge in [0.2, 0.25) is 0 Å². The first kappa shape index (κ1) is 13.8. The van der Waals surface area contributed by atoms with Crippen molar-refractivity contribution >= 4 is 6.08 Å². The van der Waals surface area contributed by atoms with Crippen LogP contribution in [0.3, 0.4) is 0 Å². The van der Waals surface area contributed by atoms with Gasteiger partial charge in [-0.1, -0.05) is 90.5 Å². The highest BCUT2D eigenvalue weighted by atomic mass is 14.4. The van der Waals surface area contributed by atoms with Crippen LogP contribution < -0.4 is 0 Å². The third-order valence-corrected chi connectivity index (χ3v) is 5.36. The third kappa shape index (κ3) is 2.30. The second-order valence-corrected chi connectivity index (χ2v) is 6.97. The number of hydrogen-bond donors (Lipinski definition) is 0. The molecule has 0 aromatic heterocycles. The predicted molar refractivity (Wildman–Crippen MR) is 101 cm³/mol. The Hall–Kier alpha value is -2.60. The van der Waals surface area contributed by atoms with Crippen LogP contribution in [0.15, 0.2) is 84.4 Å². The normalized spacial score (nSPS) is 19.0. The van der Waals surface area contributed by atoms with Crippen molar-refractivity contribution in [1.29, 1.82) is 0 Å². The molecule has 0 heterocycles. The maximum absolute atomic E-state index is 2.45. The number of allylic oxidation sites excluding steroid dienone is 1. The second kappa shape index (κ2) is 5.49. The zero-order valence-corrected chi connectivity index (χ0v) is 13.7. The van der Waals surface area contributed by atoms with E-state index in [1.165, 1.54) is 40.7 Å². The summed E-state index contributed by atoms with van der Waals surface area (Å²) >= 11 is 0. The van der Waals surface area contributed by atoms with E-state index in [1.54, 1.807) is 5.57 Å². The van der Waals surface area contributed by atoms with Gasteiger partial charge >= 0.3 is 0 Å². The number of benzene rings is 3. The van der Waals surface area contributed by atoms with Gasteiger partial charge in [0.25, 0.3) is 0 Å². The Morgan fingerprint density at radius 1 is 0.625 bits per heavy atom. The Balaban J connectivity index is 1.54. The summed E-state index contributed by atoms with van der Waals surface area (Å²) in [6.45, 7) is 0. The Bertz CT molecular complexity index is 896. The first-order valence-corrected chi connectivity index (χ1v) is 8.86. The summed E-state index contributed by atoms with van der Waals surface area (Å²) in [5, 5.41) is 0. The standard InChI is InChI=1S/C24H20/c1-2-6-17(7-3-1)18-10-14-20(15-11-18)24-22-9-5-4-8-21(22)16-23(24)19-12-13-19/h1-11,14-16,19,24H,12-13H2. The summed E-state index contributed by atoms with van der Waals surface area (Å²) in [5.74, 6) is 1.26. The van der Waals surface area contributed by atoms with Crippen molar-refractivity contribution in [3.8, 4) is 11.1 Å². The Morgan fingerprint density at radius 3 is 2.04 bits per heavy atom. The van der Waals surface area contributed by atoms with Gasteiger partial charge in [0, 0.05) is 5.92 Å². The summed E-state index contributed by atoms with van der Waals surface area (Å²) in [6.07, 6.45) is 5.17. The van der Waals surface area contributed by atoms with Gasteiger partial charge in [-0.25, -0.2) is 0 Å². The first-order valence-electron chi connectivity index (χ1n) is 8.86. The summed E-state index contributed by atoms with van der Waals surface area (Å²) in [7, 11) is 0. The molecule has 0 bridgehead atoms. The zero-order chi connectivity index (χ0) is 15.9. The molecule has 0 heteroatoms. The van der Waals surface area contributed by atoms with Gasteiger partial charge in [-0.05, 0) is 46.6 Å². The van der Waals surface area contributed by atoms with Crippen molar-refractivity contribution in [2.45, 2.75) is 18.8 Å². The van der Waals surface area contributed by atoms with E-state index in [-0.39, 0.29) is 0 Å². The largest absolute Gasteiger partial charge is 0.0622 e. The lowest BCUT2D eigenvalue weighted by atomic mass is 9.86. The Kier molecular flexibility index (Phi) is 3.16. The number of rotatable bonds is 3. The molecule has 0 saturated heterocycles. The van der Waals surface area contributed by atoms with Gasteiger partial charge < -0.3 is 0 Å². The number of fused-ring (bicyclic) bond motifs is 1. The maximum atomic E-state index is 2.45. The molecule has 0 radical (unpaired) electrons. The van der Waals surface area contributed by atoms with Gasteiger partial charge in [-0.2, -0.15) is 0 Å². The van der Waals surface area contributed by atoms with E-state index in [0.29, 0.717) is 5.92 Å². The molecule has 2 aliphatic carbocycles. The van der Waals surface area contributed by atoms with Crippen LogP contribution in [0.25, 0.3) is 17.2 Å². The first-order chi connectivity index (χ1) is 11.9. The Labute approximate surface area is 143 Å². The molecular weight excluding hydrogens is 288 g/mol. The van der Waals surface area contributed by atoms with Crippen LogP contribution in [0, 0.1) is 5.92 Å². The molecule has 24 heavy (non-hydrogen) atoms. The lowest BCUT2D eigenvalue weighted by Crippen LogP contribution is -2.02. The monoisotopic (exact) mass is 308 g/mol. The van der Waals surface area contributed by atoms with Crippen molar-refractivity contribution in [1.82, 2.24) is 0 Å². The van der Waals surface area contributed by atoms with Gasteiger partial charge in [-0.15, -0.1) is 0 Å². The molecule has 2 aliphatic rings. The molecule has 1 unspecified atom stereocenters. The average molecular weight is 308 g/mol. The average Bonchev–Trinajstić information content (AvgIpc) is 3.43. The molecule has 0 amide bonds. The minimum absolute atomic E-state index is 0.457. The molecule has 1 atom stereocenters.